The van der Waals surface area contributed by atoms with E-state index in [1.165, 1.54) is 44.9 Å². The van der Waals surface area contributed by atoms with Crippen molar-refractivity contribution >= 4 is 11.7 Å². The molecular formula is C23H38N2O3. The standard InChI is InChI=1S/C23H38N2O3/c1-4-5-6-7-8-9-10-11-16-27-22-14-12-21(13-15-22)24-23(26)25-17-19(2)28-20(3)18-25/h12-15,19-20H,4-11,16-18H2,1-3H3,(H,24,26). The quantitative estimate of drug-likeness (QED) is 0.482. The summed E-state index contributed by atoms with van der Waals surface area (Å²) in [5.41, 5.74) is 0.788. The second-order valence-electron chi connectivity index (χ2n) is 7.94. The zero-order valence-electron chi connectivity index (χ0n) is 17.9. The number of hydrogen-bond donors (Lipinski definition) is 1. The number of ether oxygens (including phenoxy) is 2. The number of urea groups is 1. The second-order valence-corrected chi connectivity index (χ2v) is 7.94. The number of carbonyl (C=O) groups is 1. The first-order valence-corrected chi connectivity index (χ1v) is 11.0. The maximum atomic E-state index is 12.4. The van der Waals surface area contributed by atoms with Gasteiger partial charge in [-0.3, -0.25) is 0 Å². The van der Waals surface area contributed by atoms with Crippen molar-refractivity contribution in [1.29, 1.82) is 0 Å². The van der Waals surface area contributed by atoms with Gasteiger partial charge < -0.3 is 19.7 Å². The van der Waals surface area contributed by atoms with E-state index in [4.69, 9.17) is 9.47 Å². The summed E-state index contributed by atoms with van der Waals surface area (Å²) in [6.07, 6.45) is 10.5. The van der Waals surface area contributed by atoms with Crippen LogP contribution in [0.15, 0.2) is 24.3 Å². The van der Waals surface area contributed by atoms with E-state index >= 15 is 0 Å². The van der Waals surface area contributed by atoms with Crippen molar-refractivity contribution < 1.29 is 14.3 Å². The molecule has 1 fully saturated rings. The summed E-state index contributed by atoms with van der Waals surface area (Å²) < 4.78 is 11.5. The van der Waals surface area contributed by atoms with Crippen molar-refractivity contribution in [2.24, 2.45) is 0 Å². The van der Waals surface area contributed by atoms with Crippen molar-refractivity contribution in [3.8, 4) is 5.75 Å². The van der Waals surface area contributed by atoms with Gasteiger partial charge in [-0.25, -0.2) is 4.79 Å². The third-order valence-corrected chi connectivity index (χ3v) is 5.08. The lowest BCUT2D eigenvalue weighted by atomic mass is 10.1. The number of anilines is 1. The van der Waals surface area contributed by atoms with Gasteiger partial charge in [-0.1, -0.05) is 51.9 Å². The fourth-order valence-corrected chi connectivity index (χ4v) is 3.61. The molecule has 5 nitrogen and oxygen atoms in total. The maximum Gasteiger partial charge on any atom is 0.322 e. The lowest BCUT2D eigenvalue weighted by Gasteiger charge is -2.35. The van der Waals surface area contributed by atoms with Gasteiger partial charge in [0.05, 0.1) is 18.8 Å². The van der Waals surface area contributed by atoms with Crippen molar-refractivity contribution in [2.45, 2.75) is 84.3 Å². The predicted molar refractivity (Wildman–Crippen MR) is 115 cm³/mol. The Morgan fingerprint density at radius 1 is 1.00 bits per heavy atom. The van der Waals surface area contributed by atoms with Crippen LogP contribution < -0.4 is 10.1 Å². The largest absolute Gasteiger partial charge is 0.494 e. The Morgan fingerprint density at radius 2 is 1.57 bits per heavy atom. The average Bonchev–Trinajstić information content (AvgIpc) is 2.67. The van der Waals surface area contributed by atoms with E-state index < -0.39 is 0 Å². The van der Waals surface area contributed by atoms with Gasteiger partial charge in [-0.05, 0) is 44.5 Å². The molecule has 0 bridgehead atoms. The molecule has 0 aliphatic carbocycles. The minimum Gasteiger partial charge on any atom is -0.494 e. The van der Waals surface area contributed by atoms with Gasteiger partial charge in [-0.2, -0.15) is 0 Å². The molecule has 5 heteroatoms. The van der Waals surface area contributed by atoms with Gasteiger partial charge in [-0.15, -0.1) is 0 Å². The van der Waals surface area contributed by atoms with Gasteiger partial charge in [0, 0.05) is 18.8 Å². The number of benzene rings is 1. The molecule has 0 saturated carbocycles. The Morgan fingerprint density at radius 3 is 2.18 bits per heavy atom. The first kappa shape index (κ1) is 22.5. The van der Waals surface area contributed by atoms with Gasteiger partial charge in [0.1, 0.15) is 5.75 Å². The van der Waals surface area contributed by atoms with Crippen molar-refractivity contribution in [1.82, 2.24) is 4.90 Å². The van der Waals surface area contributed by atoms with E-state index in [9.17, 15) is 4.79 Å². The molecule has 1 aromatic carbocycles. The van der Waals surface area contributed by atoms with E-state index in [0.717, 1.165) is 24.5 Å². The van der Waals surface area contributed by atoms with Crippen molar-refractivity contribution in [2.75, 3.05) is 25.0 Å². The third-order valence-electron chi connectivity index (χ3n) is 5.08. The van der Waals surface area contributed by atoms with Crippen LogP contribution in [-0.2, 0) is 4.74 Å². The van der Waals surface area contributed by atoms with Crippen LogP contribution in [0.3, 0.4) is 0 Å². The van der Waals surface area contributed by atoms with Crippen LogP contribution in [0, 0.1) is 0 Å². The highest BCUT2D eigenvalue weighted by Crippen LogP contribution is 2.18. The smallest absolute Gasteiger partial charge is 0.322 e. The monoisotopic (exact) mass is 390 g/mol. The van der Waals surface area contributed by atoms with E-state index in [-0.39, 0.29) is 18.2 Å². The average molecular weight is 391 g/mol. The van der Waals surface area contributed by atoms with E-state index in [1.54, 1.807) is 0 Å². The molecule has 158 valence electrons. The number of nitrogens with zero attached hydrogens (tertiary/aromatic N) is 1. The van der Waals surface area contributed by atoms with Crippen LogP contribution in [-0.4, -0.2) is 42.8 Å². The van der Waals surface area contributed by atoms with Crippen LogP contribution in [0.2, 0.25) is 0 Å². The Bertz CT molecular complexity index is 551. The number of unbranched alkanes of at least 4 members (excludes halogenated alkanes) is 7. The van der Waals surface area contributed by atoms with E-state index in [2.05, 4.69) is 12.2 Å². The summed E-state index contributed by atoms with van der Waals surface area (Å²) >= 11 is 0. The van der Waals surface area contributed by atoms with Crippen molar-refractivity contribution in [3.05, 3.63) is 24.3 Å². The number of rotatable bonds is 11. The molecule has 1 aliphatic heterocycles. The predicted octanol–water partition coefficient (Wildman–Crippen LogP) is 5.85. The van der Waals surface area contributed by atoms with Crippen molar-refractivity contribution in [3.63, 3.8) is 0 Å². The normalized spacial score (nSPS) is 19.5. The minimum atomic E-state index is -0.0744. The maximum absolute atomic E-state index is 12.4. The summed E-state index contributed by atoms with van der Waals surface area (Å²) in [4.78, 5) is 14.2. The summed E-state index contributed by atoms with van der Waals surface area (Å²) in [7, 11) is 0. The van der Waals surface area contributed by atoms with E-state index in [0.29, 0.717) is 13.1 Å². The molecule has 2 atom stereocenters. The SMILES string of the molecule is CCCCCCCCCCOc1ccc(NC(=O)N2CC(C)OC(C)C2)cc1. The lowest BCUT2D eigenvalue weighted by Crippen LogP contribution is -2.49. The first-order valence-electron chi connectivity index (χ1n) is 11.0. The number of carbonyl (C=O) groups excluding carboxylic acids is 1. The summed E-state index contributed by atoms with van der Waals surface area (Å²) in [6, 6.07) is 7.56. The van der Waals surface area contributed by atoms with Crippen LogP contribution in [0.1, 0.15) is 72.1 Å². The number of morpholine rings is 1. The van der Waals surface area contributed by atoms with Gasteiger partial charge in [0.15, 0.2) is 0 Å². The minimum absolute atomic E-state index is 0.0709. The highest BCUT2D eigenvalue weighted by Gasteiger charge is 2.25. The first-order chi connectivity index (χ1) is 13.6. The topological polar surface area (TPSA) is 50.8 Å². The molecule has 0 aromatic heterocycles. The fourth-order valence-electron chi connectivity index (χ4n) is 3.61. The Labute approximate surface area is 170 Å². The van der Waals surface area contributed by atoms with Gasteiger partial charge >= 0.3 is 6.03 Å². The summed E-state index contributed by atoms with van der Waals surface area (Å²) in [5.74, 6) is 0.856. The van der Waals surface area contributed by atoms with E-state index in [1.807, 2.05) is 43.0 Å². The lowest BCUT2D eigenvalue weighted by molar-refractivity contribution is -0.0530. The zero-order chi connectivity index (χ0) is 20.2. The highest BCUT2D eigenvalue weighted by molar-refractivity contribution is 5.89. The highest BCUT2D eigenvalue weighted by atomic mass is 16.5. The summed E-state index contributed by atoms with van der Waals surface area (Å²) in [5, 5.41) is 2.96. The molecule has 0 radical (unpaired) electrons. The molecule has 1 aliphatic rings. The van der Waals surface area contributed by atoms with Crippen LogP contribution >= 0.6 is 0 Å². The molecular weight excluding hydrogens is 352 g/mol. The summed E-state index contributed by atoms with van der Waals surface area (Å²) in [6.45, 7) is 8.24. The molecule has 1 aromatic rings. The van der Waals surface area contributed by atoms with Crippen LogP contribution in [0.25, 0.3) is 0 Å². The zero-order valence-corrected chi connectivity index (χ0v) is 17.9. The Hall–Kier alpha value is -1.75. The molecule has 1 N–H and O–H groups in total. The Balaban J connectivity index is 1.61. The number of hydrogen-bond acceptors (Lipinski definition) is 3. The molecule has 1 heterocycles. The van der Waals surface area contributed by atoms with Crippen LogP contribution in [0.5, 0.6) is 5.75 Å². The molecule has 2 amide bonds. The fraction of sp³-hybridized carbons (Fsp3) is 0.696. The third kappa shape index (κ3) is 8.51. The molecule has 0 spiro atoms. The molecule has 2 rings (SSSR count). The number of nitrogens with one attached hydrogen (secondary N) is 1. The number of amides is 2. The Kier molecular flexibility index (Phi) is 10.2. The van der Waals surface area contributed by atoms with Crippen LogP contribution in [0.4, 0.5) is 10.5 Å². The van der Waals surface area contributed by atoms with Gasteiger partial charge in [0.2, 0.25) is 0 Å². The van der Waals surface area contributed by atoms with Gasteiger partial charge in [0.25, 0.3) is 0 Å². The molecule has 1 saturated heterocycles. The molecule has 2 unspecified atom stereocenters. The molecule has 28 heavy (non-hydrogen) atoms. The second kappa shape index (κ2) is 12.7.